The molecule has 0 aliphatic rings. The van der Waals surface area contributed by atoms with Crippen LogP contribution in [0.1, 0.15) is 5.56 Å². The van der Waals surface area contributed by atoms with E-state index in [1.807, 2.05) is 12.1 Å². The van der Waals surface area contributed by atoms with Crippen LogP contribution in [0, 0.1) is 0 Å². The number of hydrogen-bond donors (Lipinski definition) is 2. The summed E-state index contributed by atoms with van der Waals surface area (Å²) < 4.78 is 1.62. The molecule has 0 spiro atoms. The first-order valence-corrected chi connectivity index (χ1v) is 5.47. The van der Waals surface area contributed by atoms with Crippen LogP contribution in [-0.2, 0) is 11.8 Å². The fourth-order valence-electron chi connectivity index (χ4n) is 1.50. The number of anilines is 2. The van der Waals surface area contributed by atoms with Gasteiger partial charge in [-0.15, -0.1) is 0 Å². The van der Waals surface area contributed by atoms with Crippen molar-refractivity contribution in [2.75, 3.05) is 11.1 Å². The van der Waals surface area contributed by atoms with Crippen LogP contribution in [0.2, 0.25) is 0 Å². The van der Waals surface area contributed by atoms with E-state index in [2.05, 4.69) is 10.4 Å². The first-order chi connectivity index (χ1) is 8.63. The van der Waals surface area contributed by atoms with Gasteiger partial charge in [0, 0.05) is 25.0 Å². The van der Waals surface area contributed by atoms with Crippen LogP contribution < -0.4 is 11.1 Å². The zero-order valence-corrected chi connectivity index (χ0v) is 10.00. The molecule has 0 aliphatic heterocycles. The molecule has 5 heteroatoms. The quantitative estimate of drug-likeness (QED) is 0.635. The summed E-state index contributed by atoms with van der Waals surface area (Å²) in [6.07, 6.45) is 6.49. The zero-order valence-electron chi connectivity index (χ0n) is 10.00. The van der Waals surface area contributed by atoms with Gasteiger partial charge < -0.3 is 11.1 Å². The van der Waals surface area contributed by atoms with Crippen LogP contribution in [-0.4, -0.2) is 15.7 Å². The van der Waals surface area contributed by atoms with Crippen molar-refractivity contribution in [1.82, 2.24) is 9.78 Å². The third kappa shape index (κ3) is 3.21. The highest BCUT2D eigenvalue weighted by Crippen LogP contribution is 2.08. The predicted octanol–water partition coefficient (Wildman–Crippen LogP) is 1.65. The van der Waals surface area contributed by atoms with Crippen molar-refractivity contribution in [3.63, 3.8) is 0 Å². The van der Waals surface area contributed by atoms with E-state index in [0.29, 0.717) is 11.4 Å². The van der Waals surface area contributed by atoms with E-state index in [0.717, 1.165) is 5.56 Å². The minimum atomic E-state index is -0.203. The Labute approximate surface area is 105 Å². The van der Waals surface area contributed by atoms with Gasteiger partial charge in [0.25, 0.3) is 0 Å². The number of nitrogens with two attached hydrogens (primary N) is 1. The van der Waals surface area contributed by atoms with Gasteiger partial charge in [-0.2, -0.15) is 5.10 Å². The first kappa shape index (κ1) is 11.9. The number of hydrogen-bond acceptors (Lipinski definition) is 3. The lowest BCUT2D eigenvalue weighted by Gasteiger charge is -1.97. The molecule has 0 atom stereocenters. The van der Waals surface area contributed by atoms with Crippen molar-refractivity contribution in [2.45, 2.75) is 0 Å². The molecular formula is C13H14N4O. The Morgan fingerprint density at radius 1 is 1.50 bits per heavy atom. The highest BCUT2D eigenvalue weighted by Gasteiger charge is 1.99. The average molecular weight is 242 g/mol. The number of nitrogens with one attached hydrogen (secondary N) is 1. The highest BCUT2D eigenvalue weighted by atomic mass is 16.1. The van der Waals surface area contributed by atoms with Gasteiger partial charge in [0.1, 0.15) is 0 Å². The number of aromatic nitrogens is 2. The fourth-order valence-corrected chi connectivity index (χ4v) is 1.50. The molecule has 0 aliphatic carbocycles. The summed E-state index contributed by atoms with van der Waals surface area (Å²) >= 11 is 0. The fraction of sp³-hybridized carbons (Fsp3) is 0.0769. The summed E-state index contributed by atoms with van der Waals surface area (Å²) in [6, 6.07) is 7.32. The van der Waals surface area contributed by atoms with Crippen molar-refractivity contribution in [3.8, 4) is 0 Å². The Morgan fingerprint density at radius 2 is 2.33 bits per heavy atom. The summed E-state index contributed by atoms with van der Waals surface area (Å²) in [5, 5.41) is 6.67. The zero-order chi connectivity index (χ0) is 13.0. The Hall–Kier alpha value is -2.56. The second-order valence-corrected chi connectivity index (χ2v) is 3.90. The van der Waals surface area contributed by atoms with E-state index in [-0.39, 0.29) is 5.91 Å². The number of nitrogen functional groups attached to an aromatic ring is 1. The molecule has 1 amide bonds. The molecule has 0 fully saturated rings. The van der Waals surface area contributed by atoms with Gasteiger partial charge >= 0.3 is 0 Å². The molecule has 18 heavy (non-hydrogen) atoms. The molecule has 1 aromatic carbocycles. The number of carbonyl (C=O) groups is 1. The van der Waals surface area contributed by atoms with Gasteiger partial charge in [-0.1, -0.05) is 12.1 Å². The number of aryl methyl sites for hydroxylation is 1. The summed E-state index contributed by atoms with van der Waals surface area (Å²) in [4.78, 5) is 11.6. The number of amides is 1. The van der Waals surface area contributed by atoms with Crippen molar-refractivity contribution >= 4 is 23.4 Å². The number of rotatable bonds is 3. The molecule has 0 bridgehead atoms. The second-order valence-electron chi connectivity index (χ2n) is 3.90. The van der Waals surface area contributed by atoms with Crippen LogP contribution in [0.4, 0.5) is 11.4 Å². The second kappa shape index (κ2) is 5.18. The van der Waals surface area contributed by atoms with Gasteiger partial charge in [-0.3, -0.25) is 9.48 Å². The largest absolute Gasteiger partial charge is 0.399 e. The van der Waals surface area contributed by atoms with E-state index in [9.17, 15) is 4.79 Å². The summed E-state index contributed by atoms with van der Waals surface area (Å²) in [5.41, 5.74) is 7.87. The third-order valence-corrected chi connectivity index (χ3v) is 2.31. The van der Waals surface area contributed by atoms with Gasteiger partial charge in [0.15, 0.2) is 0 Å². The molecule has 92 valence electrons. The van der Waals surface area contributed by atoms with Crippen LogP contribution in [0.15, 0.2) is 42.7 Å². The third-order valence-electron chi connectivity index (χ3n) is 2.31. The van der Waals surface area contributed by atoms with E-state index in [1.54, 1.807) is 42.3 Å². The molecule has 1 heterocycles. The smallest absolute Gasteiger partial charge is 0.248 e. The van der Waals surface area contributed by atoms with Gasteiger partial charge in [0.05, 0.1) is 11.9 Å². The van der Waals surface area contributed by atoms with E-state index in [1.165, 1.54) is 6.08 Å². The van der Waals surface area contributed by atoms with Crippen molar-refractivity contribution in [1.29, 1.82) is 0 Å². The van der Waals surface area contributed by atoms with Crippen LogP contribution >= 0.6 is 0 Å². The minimum absolute atomic E-state index is 0.203. The molecule has 0 saturated carbocycles. The maximum absolute atomic E-state index is 11.6. The van der Waals surface area contributed by atoms with Crippen LogP contribution in [0.3, 0.4) is 0 Å². The molecule has 2 rings (SSSR count). The maximum Gasteiger partial charge on any atom is 0.248 e. The lowest BCUT2D eigenvalue weighted by molar-refractivity contribution is -0.111. The molecular weight excluding hydrogens is 228 g/mol. The van der Waals surface area contributed by atoms with Gasteiger partial charge in [0.2, 0.25) is 5.91 Å². The summed E-state index contributed by atoms with van der Waals surface area (Å²) in [7, 11) is 1.79. The van der Waals surface area contributed by atoms with E-state index in [4.69, 9.17) is 5.73 Å². The molecule has 3 N–H and O–H groups in total. The average Bonchev–Trinajstić information content (AvgIpc) is 2.72. The molecule has 0 radical (unpaired) electrons. The topological polar surface area (TPSA) is 72.9 Å². The van der Waals surface area contributed by atoms with E-state index >= 15 is 0 Å². The Balaban J connectivity index is 1.99. The summed E-state index contributed by atoms with van der Waals surface area (Å²) in [6.45, 7) is 0. The first-order valence-electron chi connectivity index (χ1n) is 5.47. The molecule has 1 aromatic heterocycles. The van der Waals surface area contributed by atoms with Crippen molar-refractivity contribution in [3.05, 3.63) is 48.3 Å². The minimum Gasteiger partial charge on any atom is -0.399 e. The van der Waals surface area contributed by atoms with Crippen LogP contribution in [0.25, 0.3) is 6.08 Å². The normalized spacial score (nSPS) is 10.7. The SMILES string of the molecule is Cn1cc(NC(=O)/C=C/c2cccc(N)c2)cn1. The van der Waals surface area contributed by atoms with Crippen LogP contribution in [0.5, 0.6) is 0 Å². The standard InChI is InChI=1S/C13H14N4O/c1-17-9-12(8-15-17)16-13(18)6-5-10-3-2-4-11(14)7-10/h2-9H,14H2,1H3,(H,16,18)/b6-5+. The van der Waals surface area contributed by atoms with Gasteiger partial charge in [-0.25, -0.2) is 0 Å². The highest BCUT2D eigenvalue weighted by molar-refractivity contribution is 6.01. The number of carbonyl (C=O) groups excluding carboxylic acids is 1. The van der Waals surface area contributed by atoms with E-state index < -0.39 is 0 Å². The maximum atomic E-state index is 11.6. The monoisotopic (exact) mass is 242 g/mol. The van der Waals surface area contributed by atoms with Crippen molar-refractivity contribution in [2.24, 2.45) is 7.05 Å². The summed E-state index contributed by atoms with van der Waals surface area (Å²) in [5.74, 6) is -0.203. The molecule has 5 nitrogen and oxygen atoms in total. The lowest BCUT2D eigenvalue weighted by atomic mass is 10.2. The Morgan fingerprint density at radius 3 is 3.00 bits per heavy atom. The Bertz CT molecular complexity index is 586. The van der Waals surface area contributed by atoms with Crippen molar-refractivity contribution < 1.29 is 4.79 Å². The number of nitrogens with zero attached hydrogens (tertiary/aromatic N) is 2. The number of benzene rings is 1. The lowest BCUT2D eigenvalue weighted by Crippen LogP contribution is -2.06. The molecule has 0 saturated heterocycles. The predicted molar refractivity (Wildman–Crippen MR) is 71.7 cm³/mol. The molecule has 0 unspecified atom stereocenters. The van der Waals surface area contributed by atoms with Gasteiger partial charge in [-0.05, 0) is 23.8 Å². The molecule has 2 aromatic rings. The Kier molecular flexibility index (Phi) is 3.43.